The fourth-order valence-electron chi connectivity index (χ4n) is 2.93. The van der Waals surface area contributed by atoms with E-state index in [9.17, 15) is 14.7 Å². The number of methoxy groups -OCH3 is 1. The molecule has 0 saturated carbocycles. The Morgan fingerprint density at radius 2 is 1.81 bits per heavy atom. The first-order valence-corrected chi connectivity index (χ1v) is 8.69. The molecule has 0 amide bonds. The number of aromatic hydroxyl groups is 1. The summed E-state index contributed by atoms with van der Waals surface area (Å²) in [6, 6.07) is 14.6. The summed E-state index contributed by atoms with van der Waals surface area (Å²) in [5.41, 5.74) is 8.74. The molecular weight excluding hydrogens is 415 g/mol. The van der Waals surface area contributed by atoms with Gasteiger partial charge in [-0.25, -0.2) is 4.39 Å². The molecule has 4 N–H and O–H groups in total. The number of amidine groups is 1. The molecule has 0 aromatic heterocycles. The van der Waals surface area contributed by atoms with E-state index in [2.05, 4.69) is 21.1 Å². The van der Waals surface area contributed by atoms with E-state index in [0.29, 0.717) is 26.7 Å². The Kier molecular flexibility index (Phi) is 5.32. The zero-order valence-corrected chi connectivity index (χ0v) is 15.9. The maximum Gasteiger partial charge on any atom is 0.170 e. The first kappa shape index (κ1) is 18.7. The highest BCUT2D eigenvalue weighted by atomic mass is 79.9. The molecule has 3 rings (SSSR count). The monoisotopic (exact) mass is 430 g/mol. The smallest absolute Gasteiger partial charge is 0.170 e. The van der Waals surface area contributed by atoms with Crippen LogP contribution in [0.4, 0.5) is 4.39 Å². The Bertz CT molecular complexity index is 1020. The molecule has 0 bridgehead atoms. The van der Waals surface area contributed by atoms with Gasteiger partial charge in [0, 0.05) is 21.2 Å². The van der Waals surface area contributed by atoms with Crippen molar-refractivity contribution in [2.24, 2.45) is 10.9 Å². The molecule has 0 heterocycles. The van der Waals surface area contributed by atoms with Crippen LogP contribution in [0.1, 0.15) is 5.56 Å². The summed E-state index contributed by atoms with van der Waals surface area (Å²) in [5.74, 6) is -0.486. The van der Waals surface area contributed by atoms with Gasteiger partial charge in [0.15, 0.2) is 17.4 Å². The van der Waals surface area contributed by atoms with Crippen LogP contribution in [0.3, 0.4) is 0 Å². The number of phenols is 1. The van der Waals surface area contributed by atoms with Gasteiger partial charge in [0.25, 0.3) is 0 Å². The van der Waals surface area contributed by atoms with Crippen LogP contribution in [0.5, 0.6) is 11.5 Å². The quantitative estimate of drug-likeness (QED) is 0.241. The third kappa shape index (κ3) is 3.59. The lowest BCUT2D eigenvalue weighted by Gasteiger charge is -2.18. The molecule has 3 aromatic carbocycles. The van der Waals surface area contributed by atoms with Gasteiger partial charge in [0.2, 0.25) is 0 Å². The topological polar surface area (TPSA) is 88.1 Å². The zero-order valence-electron chi connectivity index (χ0n) is 14.3. The number of benzene rings is 3. The summed E-state index contributed by atoms with van der Waals surface area (Å²) in [6.45, 7) is 0. The second-order valence-electron chi connectivity index (χ2n) is 5.73. The van der Waals surface area contributed by atoms with Crippen LogP contribution in [-0.4, -0.2) is 23.3 Å². The van der Waals surface area contributed by atoms with Crippen LogP contribution >= 0.6 is 15.9 Å². The number of ether oxygens (including phenoxy) is 1. The lowest BCUT2D eigenvalue weighted by molar-refractivity contribution is 0.318. The van der Waals surface area contributed by atoms with Crippen molar-refractivity contribution >= 4 is 21.8 Å². The number of para-hydroxylation sites is 1. The predicted molar refractivity (Wildman–Crippen MR) is 106 cm³/mol. The standard InChI is InChI=1S/C20H16BrFN2O3/c1-27-19-14(3-2-4-17(19)22)18-15(11-5-7-13(25)8-6-11)9-12(21)10-16(18)20(23)24-26/h2-10,25-26H,1H3,(H2,23,24). The molecule has 0 aliphatic heterocycles. The van der Waals surface area contributed by atoms with Crippen molar-refractivity contribution in [3.05, 3.63) is 70.5 Å². The average molecular weight is 431 g/mol. The summed E-state index contributed by atoms with van der Waals surface area (Å²) < 4.78 is 20.3. The van der Waals surface area contributed by atoms with E-state index in [-0.39, 0.29) is 17.3 Å². The summed E-state index contributed by atoms with van der Waals surface area (Å²) in [4.78, 5) is 0. The molecule has 5 nitrogen and oxygen atoms in total. The SMILES string of the molecule is COc1c(F)cccc1-c1c(C(N)=NO)cc(Br)cc1-c1ccc(O)cc1. The number of halogens is 2. The Morgan fingerprint density at radius 1 is 1.11 bits per heavy atom. The van der Waals surface area contributed by atoms with Gasteiger partial charge in [-0.05, 0) is 41.5 Å². The minimum atomic E-state index is -0.528. The highest BCUT2D eigenvalue weighted by molar-refractivity contribution is 9.10. The zero-order chi connectivity index (χ0) is 19.6. The van der Waals surface area contributed by atoms with E-state index < -0.39 is 5.82 Å². The van der Waals surface area contributed by atoms with E-state index in [1.807, 2.05) is 6.07 Å². The van der Waals surface area contributed by atoms with Crippen LogP contribution in [0, 0.1) is 5.82 Å². The minimum absolute atomic E-state index is 0.0480. The molecule has 0 spiro atoms. The van der Waals surface area contributed by atoms with Crippen molar-refractivity contribution in [2.75, 3.05) is 7.11 Å². The third-order valence-corrected chi connectivity index (χ3v) is 4.56. The van der Waals surface area contributed by atoms with Crippen molar-refractivity contribution in [1.29, 1.82) is 0 Å². The largest absolute Gasteiger partial charge is 0.508 e. The van der Waals surface area contributed by atoms with E-state index in [1.54, 1.807) is 42.5 Å². The Morgan fingerprint density at radius 3 is 2.44 bits per heavy atom. The maximum absolute atomic E-state index is 14.3. The second-order valence-corrected chi connectivity index (χ2v) is 6.64. The minimum Gasteiger partial charge on any atom is -0.508 e. The number of nitrogens with zero attached hydrogens (tertiary/aromatic N) is 1. The Balaban J connectivity index is 2.43. The fourth-order valence-corrected chi connectivity index (χ4v) is 3.39. The van der Waals surface area contributed by atoms with Gasteiger partial charge in [0.1, 0.15) is 5.75 Å². The van der Waals surface area contributed by atoms with Crippen LogP contribution < -0.4 is 10.5 Å². The number of hydrogen-bond donors (Lipinski definition) is 3. The molecular formula is C20H16BrFN2O3. The van der Waals surface area contributed by atoms with Gasteiger partial charge in [-0.2, -0.15) is 0 Å². The molecule has 138 valence electrons. The molecule has 0 atom stereocenters. The molecule has 0 fully saturated rings. The number of oxime groups is 1. The summed E-state index contributed by atoms with van der Waals surface area (Å²) >= 11 is 3.43. The van der Waals surface area contributed by atoms with Crippen molar-refractivity contribution in [3.8, 4) is 33.8 Å². The van der Waals surface area contributed by atoms with Crippen LogP contribution in [0.2, 0.25) is 0 Å². The van der Waals surface area contributed by atoms with Gasteiger partial charge < -0.3 is 20.8 Å². The number of phenolic OH excluding ortho intramolecular Hbond substituents is 1. The van der Waals surface area contributed by atoms with Crippen molar-refractivity contribution in [3.63, 3.8) is 0 Å². The van der Waals surface area contributed by atoms with Crippen molar-refractivity contribution in [2.45, 2.75) is 0 Å². The predicted octanol–water partition coefficient (Wildman–Crippen LogP) is 4.73. The van der Waals surface area contributed by atoms with E-state index in [4.69, 9.17) is 10.5 Å². The van der Waals surface area contributed by atoms with Crippen molar-refractivity contribution < 1.29 is 19.4 Å². The first-order chi connectivity index (χ1) is 13.0. The van der Waals surface area contributed by atoms with Gasteiger partial charge in [-0.3, -0.25) is 0 Å². The molecule has 0 radical (unpaired) electrons. The molecule has 7 heteroatoms. The maximum atomic E-state index is 14.3. The molecule has 0 unspecified atom stereocenters. The highest BCUT2D eigenvalue weighted by Crippen LogP contribution is 2.42. The normalized spacial score (nSPS) is 11.4. The molecule has 3 aromatic rings. The van der Waals surface area contributed by atoms with Crippen molar-refractivity contribution in [1.82, 2.24) is 0 Å². The van der Waals surface area contributed by atoms with Gasteiger partial charge in [-0.1, -0.05) is 45.4 Å². The lowest BCUT2D eigenvalue weighted by atomic mass is 9.89. The molecule has 0 aliphatic carbocycles. The fraction of sp³-hybridized carbons (Fsp3) is 0.0500. The van der Waals surface area contributed by atoms with E-state index >= 15 is 0 Å². The summed E-state index contributed by atoms with van der Waals surface area (Å²) in [7, 11) is 1.38. The van der Waals surface area contributed by atoms with E-state index in [1.165, 1.54) is 13.2 Å². The Labute approximate surface area is 163 Å². The Hall–Kier alpha value is -3.06. The number of rotatable bonds is 4. The lowest BCUT2D eigenvalue weighted by Crippen LogP contribution is -2.15. The third-order valence-electron chi connectivity index (χ3n) is 4.11. The number of hydrogen-bond acceptors (Lipinski definition) is 4. The van der Waals surface area contributed by atoms with Crippen LogP contribution in [0.25, 0.3) is 22.3 Å². The average Bonchev–Trinajstić information content (AvgIpc) is 2.67. The number of nitrogens with two attached hydrogens (primary N) is 1. The van der Waals surface area contributed by atoms with Crippen LogP contribution in [0.15, 0.2) is 64.2 Å². The van der Waals surface area contributed by atoms with Gasteiger partial charge in [-0.15, -0.1) is 0 Å². The molecule has 0 aliphatic rings. The van der Waals surface area contributed by atoms with Gasteiger partial charge >= 0.3 is 0 Å². The van der Waals surface area contributed by atoms with Crippen LogP contribution in [-0.2, 0) is 0 Å². The first-order valence-electron chi connectivity index (χ1n) is 7.90. The molecule has 27 heavy (non-hydrogen) atoms. The molecule has 0 saturated heterocycles. The summed E-state index contributed by atoms with van der Waals surface area (Å²) in [5, 5.41) is 21.9. The highest BCUT2D eigenvalue weighted by Gasteiger charge is 2.21. The van der Waals surface area contributed by atoms with E-state index in [0.717, 1.165) is 5.56 Å². The van der Waals surface area contributed by atoms with Gasteiger partial charge in [0.05, 0.1) is 7.11 Å². The summed E-state index contributed by atoms with van der Waals surface area (Å²) in [6.07, 6.45) is 0. The second kappa shape index (κ2) is 7.67.